The normalized spacial score (nSPS) is 11.6. The van der Waals surface area contributed by atoms with E-state index in [4.69, 9.17) is 4.74 Å². The topological polar surface area (TPSA) is 73.2 Å². The highest BCUT2D eigenvalue weighted by Gasteiger charge is 2.19. The lowest BCUT2D eigenvalue weighted by Crippen LogP contribution is -2.26. The van der Waals surface area contributed by atoms with Gasteiger partial charge in [-0.1, -0.05) is 18.2 Å². The zero-order valence-electron chi connectivity index (χ0n) is 12.3. The highest BCUT2D eigenvalue weighted by atomic mass is 32.2. The molecule has 1 aromatic heterocycles. The van der Waals surface area contributed by atoms with Crippen molar-refractivity contribution >= 4 is 10.0 Å². The highest BCUT2D eigenvalue weighted by Crippen LogP contribution is 2.18. The van der Waals surface area contributed by atoms with Gasteiger partial charge < -0.3 is 4.74 Å². The Kier molecular flexibility index (Phi) is 4.64. The number of methoxy groups -OCH3 is 1. The van der Waals surface area contributed by atoms with Crippen molar-refractivity contribution in [2.24, 2.45) is 7.05 Å². The van der Waals surface area contributed by atoms with E-state index >= 15 is 0 Å². The largest absolute Gasteiger partial charge is 0.496 e. The van der Waals surface area contributed by atoms with Crippen molar-refractivity contribution in [2.75, 3.05) is 13.7 Å². The SMILES string of the molecule is COc1ccccc1CCNS(=O)(=O)c1cnn(C)c1C. The molecule has 21 heavy (non-hydrogen) atoms. The first-order chi connectivity index (χ1) is 9.95. The van der Waals surface area contributed by atoms with Gasteiger partial charge in [0, 0.05) is 13.6 Å². The molecule has 1 N–H and O–H groups in total. The van der Waals surface area contributed by atoms with Crippen LogP contribution in [0.25, 0.3) is 0 Å². The minimum atomic E-state index is -3.53. The predicted molar refractivity (Wildman–Crippen MR) is 79.8 cm³/mol. The van der Waals surface area contributed by atoms with E-state index < -0.39 is 10.0 Å². The van der Waals surface area contributed by atoms with Crippen molar-refractivity contribution < 1.29 is 13.2 Å². The van der Waals surface area contributed by atoms with E-state index in [-0.39, 0.29) is 4.90 Å². The number of aromatic nitrogens is 2. The third-order valence-corrected chi connectivity index (χ3v) is 4.92. The fourth-order valence-corrected chi connectivity index (χ4v) is 3.28. The molecule has 0 saturated heterocycles. The molecule has 114 valence electrons. The molecular weight excluding hydrogens is 290 g/mol. The van der Waals surface area contributed by atoms with Gasteiger partial charge in [0.2, 0.25) is 10.0 Å². The maximum atomic E-state index is 12.2. The van der Waals surface area contributed by atoms with Crippen LogP contribution in [-0.2, 0) is 23.5 Å². The molecule has 0 aliphatic rings. The zero-order valence-corrected chi connectivity index (χ0v) is 13.1. The van der Waals surface area contributed by atoms with Crippen LogP contribution in [0.15, 0.2) is 35.4 Å². The number of sulfonamides is 1. The Bertz CT molecular complexity index is 723. The summed E-state index contributed by atoms with van der Waals surface area (Å²) in [4.78, 5) is 0.213. The van der Waals surface area contributed by atoms with Crippen molar-refractivity contribution in [1.29, 1.82) is 0 Å². The van der Waals surface area contributed by atoms with Crippen molar-refractivity contribution in [3.8, 4) is 5.75 Å². The fourth-order valence-electron chi connectivity index (χ4n) is 2.05. The number of nitrogens with zero attached hydrogens (tertiary/aromatic N) is 2. The minimum Gasteiger partial charge on any atom is -0.496 e. The van der Waals surface area contributed by atoms with Gasteiger partial charge in [-0.15, -0.1) is 0 Å². The second-order valence-electron chi connectivity index (χ2n) is 4.68. The molecule has 2 aromatic rings. The fraction of sp³-hybridized carbons (Fsp3) is 0.357. The van der Waals surface area contributed by atoms with Gasteiger partial charge in [0.1, 0.15) is 10.6 Å². The molecule has 6 nitrogen and oxygen atoms in total. The number of rotatable bonds is 6. The first kappa shape index (κ1) is 15.5. The number of nitrogens with one attached hydrogen (secondary N) is 1. The Hall–Kier alpha value is -1.86. The molecule has 0 saturated carbocycles. The minimum absolute atomic E-state index is 0.213. The maximum absolute atomic E-state index is 12.2. The second-order valence-corrected chi connectivity index (χ2v) is 6.41. The summed E-state index contributed by atoms with van der Waals surface area (Å²) < 4.78 is 33.8. The van der Waals surface area contributed by atoms with E-state index in [1.54, 1.807) is 21.1 Å². The Morgan fingerprint density at radius 3 is 2.67 bits per heavy atom. The number of hydrogen-bond acceptors (Lipinski definition) is 4. The molecule has 1 heterocycles. The molecule has 1 aromatic carbocycles. The number of ether oxygens (including phenoxy) is 1. The molecule has 0 aliphatic carbocycles. The van der Waals surface area contributed by atoms with Gasteiger partial charge in [-0.25, -0.2) is 13.1 Å². The van der Waals surface area contributed by atoms with Crippen molar-refractivity contribution in [1.82, 2.24) is 14.5 Å². The van der Waals surface area contributed by atoms with Gasteiger partial charge in [-0.05, 0) is 25.0 Å². The summed E-state index contributed by atoms with van der Waals surface area (Å²) in [5.41, 5.74) is 1.57. The number of benzene rings is 1. The quantitative estimate of drug-likeness (QED) is 0.872. The molecule has 0 radical (unpaired) electrons. The number of para-hydroxylation sites is 1. The first-order valence-corrected chi connectivity index (χ1v) is 8.04. The second kappa shape index (κ2) is 6.28. The summed E-state index contributed by atoms with van der Waals surface area (Å²) >= 11 is 0. The van der Waals surface area contributed by atoms with Gasteiger partial charge in [-0.3, -0.25) is 4.68 Å². The molecule has 2 rings (SSSR count). The summed E-state index contributed by atoms with van der Waals surface area (Å²) in [6.07, 6.45) is 1.92. The molecule has 0 spiro atoms. The molecular formula is C14H19N3O3S. The molecule has 0 unspecified atom stereocenters. The predicted octanol–water partition coefficient (Wildman–Crippen LogP) is 1.26. The Labute approximate surface area is 124 Å². The van der Waals surface area contributed by atoms with Crippen LogP contribution in [0, 0.1) is 6.92 Å². The lowest BCUT2D eigenvalue weighted by molar-refractivity contribution is 0.409. The van der Waals surface area contributed by atoms with Gasteiger partial charge >= 0.3 is 0 Å². The Morgan fingerprint density at radius 1 is 1.33 bits per heavy atom. The summed E-state index contributed by atoms with van der Waals surface area (Å²) in [5.74, 6) is 0.759. The number of aryl methyl sites for hydroxylation is 1. The third kappa shape index (κ3) is 3.43. The van der Waals surface area contributed by atoms with E-state index in [9.17, 15) is 8.42 Å². The molecule has 0 aliphatic heterocycles. The molecule has 0 atom stereocenters. The van der Waals surface area contributed by atoms with Crippen LogP contribution in [0.2, 0.25) is 0 Å². The molecule has 0 fully saturated rings. The average molecular weight is 309 g/mol. The molecule has 7 heteroatoms. The average Bonchev–Trinajstić information content (AvgIpc) is 2.80. The van der Waals surface area contributed by atoms with Crippen molar-refractivity contribution in [3.05, 3.63) is 41.7 Å². The zero-order chi connectivity index (χ0) is 15.5. The van der Waals surface area contributed by atoms with Crippen LogP contribution >= 0.6 is 0 Å². The van der Waals surface area contributed by atoms with Crippen molar-refractivity contribution in [2.45, 2.75) is 18.2 Å². The smallest absolute Gasteiger partial charge is 0.243 e. The van der Waals surface area contributed by atoms with E-state index in [2.05, 4.69) is 9.82 Å². The van der Waals surface area contributed by atoms with Crippen LogP contribution in [0.1, 0.15) is 11.3 Å². The van der Waals surface area contributed by atoms with Crippen LogP contribution in [-0.4, -0.2) is 31.9 Å². The Balaban J connectivity index is 2.04. The standard InChI is InChI=1S/C14H19N3O3S/c1-11-14(10-15-17(11)2)21(18,19)16-9-8-12-6-4-5-7-13(12)20-3/h4-7,10,16H,8-9H2,1-3H3. The molecule has 0 bridgehead atoms. The van der Waals surface area contributed by atoms with Gasteiger partial charge in [-0.2, -0.15) is 5.10 Å². The van der Waals surface area contributed by atoms with Gasteiger partial charge in [0.05, 0.1) is 19.0 Å². The van der Waals surface area contributed by atoms with Crippen molar-refractivity contribution in [3.63, 3.8) is 0 Å². The molecule has 0 amide bonds. The Morgan fingerprint density at radius 2 is 2.05 bits per heavy atom. The highest BCUT2D eigenvalue weighted by molar-refractivity contribution is 7.89. The summed E-state index contributed by atoms with van der Waals surface area (Å²) in [6.45, 7) is 2.03. The lowest BCUT2D eigenvalue weighted by atomic mass is 10.1. The summed E-state index contributed by atoms with van der Waals surface area (Å²) in [5, 5.41) is 3.95. The lowest BCUT2D eigenvalue weighted by Gasteiger charge is -2.09. The van der Waals surface area contributed by atoms with E-state index in [1.807, 2.05) is 24.3 Å². The van der Waals surface area contributed by atoms with E-state index in [1.165, 1.54) is 10.9 Å². The summed E-state index contributed by atoms with van der Waals surface area (Å²) in [7, 11) is -0.223. The van der Waals surface area contributed by atoms with E-state index in [0.717, 1.165) is 11.3 Å². The summed E-state index contributed by atoms with van der Waals surface area (Å²) in [6, 6.07) is 7.56. The first-order valence-electron chi connectivity index (χ1n) is 6.56. The van der Waals surface area contributed by atoms with Gasteiger partial charge in [0.15, 0.2) is 0 Å². The maximum Gasteiger partial charge on any atom is 0.243 e. The number of hydrogen-bond donors (Lipinski definition) is 1. The monoisotopic (exact) mass is 309 g/mol. The third-order valence-electron chi connectivity index (χ3n) is 3.36. The van der Waals surface area contributed by atoms with Crippen LogP contribution < -0.4 is 9.46 Å². The van der Waals surface area contributed by atoms with Crippen LogP contribution in [0.5, 0.6) is 5.75 Å². The van der Waals surface area contributed by atoms with Crippen LogP contribution in [0.3, 0.4) is 0 Å². The van der Waals surface area contributed by atoms with Crippen LogP contribution in [0.4, 0.5) is 0 Å². The van der Waals surface area contributed by atoms with E-state index in [0.29, 0.717) is 18.7 Å². The van der Waals surface area contributed by atoms with Gasteiger partial charge in [0.25, 0.3) is 0 Å².